The van der Waals surface area contributed by atoms with Crippen molar-refractivity contribution in [3.05, 3.63) is 158 Å². The summed E-state index contributed by atoms with van der Waals surface area (Å²) in [7, 11) is 0. The van der Waals surface area contributed by atoms with Gasteiger partial charge in [-0.25, -0.2) is 0 Å². The van der Waals surface area contributed by atoms with Gasteiger partial charge in [0.2, 0.25) is 0 Å². The molecule has 0 saturated carbocycles. The van der Waals surface area contributed by atoms with Gasteiger partial charge in [-0.15, -0.1) is 0 Å². The molecule has 11 aromatic rings. The van der Waals surface area contributed by atoms with Crippen molar-refractivity contribution in [3.63, 3.8) is 0 Å². The molecule has 0 aliphatic carbocycles. The molecule has 0 aliphatic heterocycles. The number of para-hydroxylation sites is 2. The summed E-state index contributed by atoms with van der Waals surface area (Å²) in [5.74, 6) is 0.855. The monoisotopic (exact) mass is 626 g/mol. The molecule has 49 heavy (non-hydrogen) atoms. The number of hydrogen-bond donors (Lipinski definition) is 0. The van der Waals surface area contributed by atoms with Gasteiger partial charge in [0.25, 0.3) is 0 Å². The average molecular weight is 627 g/mol. The van der Waals surface area contributed by atoms with Gasteiger partial charge >= 0.3 is 0 Å². The third kappa shape index (κ3) is 3.78. The van der Waals surface area contributed by atoms with E-state index in [4.69, 9.17) is 13.3 Å². The number of rotatable bonds is 3. The van der Waals surface area contributed by atoms with Crippen molar-refractivity contribution < 1.29 is 13.3 Å². The molecule has 0 N–H and O–H groups in total. The number of hydrogen-bond acceptors (Lipinski definition) is 3. The van der Waals surface area contributed by atoms with Gasteiger partial charge < -0.3 is 13.3 Å². The topological polar surface area (TPSA) is 39.4 Å². The Labute approximate surface area is 280 Å². The first-order valence-electron chi connectivity index (χ1n) is 16.6. The lowest BCUT2D eigenvalue weighted by atomic mass is 9.86. The maximum atomic E-state index is 7.07. The van der Waals surface area contributed by atoms with Crippen molar-refractivity contribution >= 4 is 76.4 Å². The van der Waals surface area contributed by atoms with Crippen LogP contribution in [-0.2, 0) is 0 Å². The minimum Gasteiger partial charge on any atom is -0.456 e. The third-order valence-corrected chi connectivity index (χ3v) is 10.1. The van der Waals surface area contributed by atoms with Crippen molar-refractivity contribution in [1.82, 2.24) is 0 Å². The van der Waals surface area contributed by atoms with Gasteiger partial charge in [-0.3, -0.25) is 0 Å². The molecule has 0 saturated heterocycles. The van der Waals surface area contributed by atoms with Crippen molar-refractivity contribution in [2.45, 2.75) is 0 Å². The van der Waals surface area contributed by atoms with Crippen LogP contribution < -0.4 is 0 Å². The molecule has 0 aliphatic rings. The van der Waals surface area contributed by atoms with Crippen LogP contribution in [0.25, 0.3) is 110 Å². The van der Waals surface area contributed by atoms with Crippen LogP contribution >= 0.6 is 0 Å². The zero-order valence-electron chi connectivity index (χ0n) is 26.2. The van der Waals surface area contributed by atoms with E-state index in [0.717, 1.165) is 93.6 Å². The first kappa shape index (κ1) is 26.5. The summed E-state index contributed by atoms with van der Waals surface area (Å²) in [6.45, 7) is 0. The van der Waals surface area contributed by atoms with Gasteiger partial charge in [0.05, 0.1) is 0 Å². The van der Waals surface area contributed by atoms with E-state index < -0.39 is 0 Å². The molecule has 3 nitrogen and oxygen atoms in total. The fourth-order valence-corrected chi connectivity index (χ4v) is 7.95. The molecule has 0 spiro atoms. The van der Waals surface area contributed by atoms with E-state index in [1.807, 2.05) is 24.3 Å². The second kappa shape index (κ2) is 9.96. The van der Waals surface area contributed by atoms with E-state index in [9.17, 15) is 0 Å². The first-order valence-corrected chi connectivity index (χ1v) is 16.6. The van der Waals surface area contributed by atoms with Gasteiger partial charge in [-0.2, -0.15) is 0 Å². The van der Waals surface area contributed by atoms with Crippen LogP contribution in [0.2, 0.25) is 0 Å². The molecule has 228 valence electrons. The third-order valence-electron chi connectivity index (χ3n) is 10.1. The molecular weight excluding hydrogens is 601 g/mol. The van der Waals surface area contributed by atoms with Gasteiger partial charge in [0.15, 0.2) is 0 Å². The van der Waals surface area contributed by atoms with Crippen LogP contribution in [0.15, 0.2) is 171 Å². The zero-order chi connectivity index (χ0) is 32.1. The normalized spacial score (nSPS) is 12.1. The SMILES string of the molecule is c1ccc(-c2c(-c3c4ccccc4c(-c4ccc5oc6ccccc6c5c4)c4ccccc34)oc3cc4c(cc23)oc2ccccc24)cc1. The van der Waals surface area contributed by atoms with Gasteiger partial charge in [0, 0.05) is 38.1 Å². The Morgan fingerprint density at radius 1 is 0.245 bits per heavy atom. The summed E-state index contributed by atoms with van der Waals surface area (Å²) in [4.78, 5) is 0. The highest BCUT2D eigenvalue weighted by Crippen LogP contribution is 2.50. The molecular formula is C46H26O3. The number of furan rings is 3. The molecule has 0 atom stereocenters. The van der Waals surface area contributed by atoms with Crippen LogP contribution in [0.4, 0.5) is 0 Å². The maximum Gasteiger partial charge on any atom is 0.144 e. The predicted octanol–water partition coefficient (Wildman–Crippen LogP) is 13.5. The lowest BCUT2D eigenvalue weighted by Gasteiger charge is -2.17. The summed E-state index contributed by atoms with van der Waals surface area (Å²) < 4.78 is 19.7. The molecule has 3 heterocycles. The highest BCUT2D eigenvalue weighted by Gasteiger charge is 2.25. The Balaban J connectivity index is 1.26. The van der Waals surface area contributed by atoms with Gasteiger partial charge in [0.1, 0.15) is 33.7 Å². The van der Waals surface area contributed by atoms with Crippen LogP contribution in [0.3, 0.4) is 0 Å². The average Bonchev–Trinajstić information content (AvgIpc) is 3.83. The molecule has 0 bridgehead atoms. The largest absolute Gasteiger partial charge is 0.456 e. The van der Waals surface area contributed by atoms with Crippen molar-refractivity contribution in [3.8, 4) is 33.6 Å². The maximum absolute atomic E-state index is 7.07. The molecule has 0 fully saturated rings. The lowest BCUT2D eigenvalue weighted by Crippen LogP contribution is -1.91. The van der Waals surface area contributed by atoms with E-state index in [1.54, 1.807) is 0 Å². The zero-order valence-corrected chi connectivity index (χ0v) is 26.2. The fraction of sp³-hybridized carbons (Fsp3) is 0. The smallest absolute Gasteiger partial charge is 0.144 e. The molecule has 0 amide bonds. The molecule has 0 unspecified atom stereocenters. The number of benzene rings is 8. The summed E-state index contributed by atoms with van der Waals surface area (Å²) in [6.07, 6.45) is 0. The molecule has 8 aromatic carbocycles. The minimum atomic E-state index is 0.836. The number of fused-ring (bicyclic) bond motifs is 9. The summed E-state index contributed by atoms with van der Waals surface area (Å²) in [6, 6.07) is 55.4. The second-order valence-electron chi connectivity index (χ2n) is 12.8. The summed E-state index contributed by atoms with van der Waals surface area (Å²) >= 11 is 0. The Hall–Kier alpha value is -6.58. The summed E-state index contributed by atoms with van der Waals surface area (Å²) in [5, 5.41) is 10.0. The Morgan fingerprint density at radius 3 is 1.37 bits per heavy atom. The van der Waals surface area contributed by atoms with E-state index in [2.05, 4.69) is 133 Å². The van der Waals surface area contributed by atoms with Crippen LogP contribution in [0, 0.1) is 0 Å². The van der Waals surface area contributed by atoms with Crippen LogP contribution in [0.1, 0.15) is 0 Å². The highest BCUT2D eigenvalue weighted by atomic mass is 16.3. The molecule has 0 radical (unpaired) electrons. The first-order chi connectivity index (χ1) is 24.3. The van der Waals surface area contributed by atoms with E-state index in [-0.39, 0.29) is 0 Å². The van der Waals surface area contributed by atoms with E-state index in [0.29, 0.717) is 0 Å². The van der Waals surface area contributed by atoms with Gasteiger partial charge in [-0.1, -0.05) is 121 Å². The summed E-state index contributed by atoms with van der Waals surface area (Å²) in [5.41, 5.74) is 9.95. The van der Waals surface area contributed by atoms with Gasteiger partial charge in [-0.05, 0) is 74.6 Å². The van der Waals surface area contributed by atoms with E-state index in [1.165, 1.54) is 16.3 Å². The van der Waals surface area contributed by atoms with Crippen LogP contribution in [-0.4, -0.2) is 0 Å². The quantitative estimate of drug-likeness (QED) is 0.183. The molecule has 11 rings (SSSR count). The lowest BCUT2D eigenvalue weighted by molar-refractivity contribution is 0.633. The Bertz CT molecular complexity index is 3040. The molecule has 3 aromatic heterocycles. The van der Waals surface area contributed by atoms with Crippen molar-refractivity contribution in [1.29, 1.82) is 0 Å². The van der Waals surface area contributed by atoms with Crippen molar-refractivity contribution in [2.75, 3.05) is 0 Å². The Morgan fingerprint density at radius 2 is 0.714 bits per heavy atom. The molecule has 3 heteroatoms. The second-order valence-corrected chi connectivity index (χ2v) is 12.8. The van der Waals surface area contributed by atoms with E-state index >= 15 is 0 Å². The highest BCUT2D eigenvalue weighted by molar-refractivity contribution is 6.24. The van der Waals surface area contributed by atoms with Crippen molar-refractivity contribution in [2.24, 2.45) is 0 Å². The minimum absolute atomic E-state index is 0.836. The van der Waals surface area contributed by atoms with Crippen LogP contribution in [0.5, 0.6) is 0 Å². The Kier molecular flexibility index (Phi) is 5.38. The fourth-order valence-electron chi connectivity index (χ4n) is 7.95. The standard InChI is InChI=1S/C46H26O3/c1-2-12-27(13-3-1)44-37-26-41-36(30-15-9-11-21-39(30)48-41)25-42(37)49-46(44)45-33-18-6-4-16-31(33)43(32-17-5-7-19-34(32)45)28-22-23-40-35(24-28)29-14-8-10-20-38(29)47-40/h1-26H. The predicted molar refractivity (Wildman–Crippen MR) is 202 cm³/mol.